The summed E-state index contributed by atoms with van der Waals surface area (Å²) in [4.78, 5) is 24.7. The van der Waals surface area contributed by atoms with Gasteiger partial charge in [-0.1, -0.05) is 12.1 Å². The van der Waals surface area contributed by atoms with Crippen LogP contribution in [0.5, 0.6) is 5.75 Å². The zero-order valence-corrected chi connectivity index (χ0v) is 14.3. The molecule has 26 heavy (non-hydrogen) atoms. The van der Waals surface area contributed by atoms with E-state index in [0.29, 0.717) is 28.3 Å². The van der Waals surface area contributed by atoms with E-state index in [-0.39, 0.29) is 0 Å². The molecule has 0 saturated carbocycles. The molecule has 6 nitrogen and oxygen atoms in total. The Kier molecular flexibility index (Phi) is 4.88. The zero-order chi connectivity index (χ0) is 18.7. The van der Waals surface area contributed by atoms with Crippen LogP contribution in [0.15, 0.2) is 59.8 Å². The highest BCUT2D eigenvalue weighted by Gasteiger charge is 2.31. The Hall–Kier alpha value is -3.35. The number of ether oxygens (including phenoxy) is 1. The standard InChI is InChI=1S/C19H18FN3O3/c1-11-16(18(24)22-14-6-8-15(26-2)9-7-14)17(23-19(25)21-11)12-4-3-5-13(20)10-12/h3-10,17H,1-2H3,(H,22,24)(H2,21,23,25)/t17-/m1/s1. The van der Waals surface area contributed by atoms with Crippen molar-refractivity contribution in [3.8, 4) is 5.75 Å². The lowest BCUT2D eigenvalue weighted by molar-refractivity contribution is -0.113. The van der Waals surface area contributed by atoms with Crippen molar-refractivity contribution >= 4 is 17.6 Å². The van der Waals surface area contributed by atoms with Crippen molar-refractivity contribution in [1.82, 2.24) is 10.6 Å². The minimum atomic E-state index is -0.752. The Morgan fingerprint density at radius 3 is 2.58 bits per heavy atom. The lowest BCUT2D eigenvalue weighted by Crippen LogP contribution is -2.46. The van der Waals surface area contributed by atoms with Gasteiger partial charge in [-0.3, -0.25) is 4.79 Å². The topological polar surface area (TPSA) is 79.5 Å². The number of methoxy groups -OCH3 is 1. The fourth-order valence-electron chi connectivity index (χ4n) is 2.80. The Morgan fingerprint density at radius 2 is 1.92 bits per heavy atom. The number of halogens is 1. The van der Waals surface area contributed by atoms with Crippen molar-refractivity contribution in [3.63, 3.8) is 0 Å². The Bertz CT molecular complexity index is 878. The van der Waals surface area contributed by atoms with E-state index in [1.807, 2.05) is 0 Å². The molecule has 0 saturated heterocycles. The highest BCUT2D eigenvalue weighted by Crippen LogP contribution is 2.28. The number of hydrogen-bond donors (Lipinski definition) is 3. The van der Waals surface area contributed by atoms with E-state index >= 15 is 0 Å². The summed E-state index contributed by atoms with van der Waals surface area (Å²) >= 11 is 0. The molecule has 0 aliphatic carbocycles. The first-order valence-electron chi connectivity index (χ1n) is 7.97. The van der Waals surface area contributed by atoms with Crippen molar-refractivity contribution in [2.45, 2.75) is 13.0 Å². The predicted octanol–water partition coefficient (Wildman–Crippen LogP) is 3.10. The quantitative estimate of drug-likeness (QED) is 0.788. The molecule has 0 fully saturated rings. The van der Waals surface area contributed by atoms with E-state index in [1.165, 1.54) is 18.2 Å². The molecular formula is C19H18FN3O3. The maximum Gasteiger partial charge on any atom is 0.319 e. The van der Waals surface area contributed by atoms with Crippen molar-refractivity contribution in [3.05, 3.63) is 71.2 Å². The SMILES string of the molecule is COc1ccc(NC(=O)C2=C(C)NC(=O)N[C@@H]2c2cccc(F)c2)cc1. The molecule has 0 unspecified atom stereocenters. The lowest BCUT2D eigenvalue weighted by Gasteiger charge is -2.28. The molecule has 0 bridgehead atoms. The van der Waals surface area contributed by atoms with Crippen LogP contribution >= 0.6 is 0 Å². The molecule has 1 heterocycles. The molecular weight excluding hydrogens is 337 g/mol. The summed E-state index contributed by atoms with van der Waals surface area (Å²) in [7, 11) is 1.56. The van der Waals surface area contributed by atoms with Gasteiger partial charge in [0, 0.05) is 11.4 Å². The Labute approximate surface area is 150 Å². The van der Waals surface area contributed by atoms with E-state index in [1.54, 1.807) is 44.4 Å². The van der Waals surface area contributed by atoms with Gasteiger partial charge in [0.2, 0.25) is 0 Å². The monoisotopic (exact) mass is 355 g/mol. The second-order valence-corrected chi connectivity index (χ2v) is 5.81. The number of nitrogens with one attached hydrogen (secondary N) is 3. The third-order valence-corrected chi connectivity index (χ3v) is 4.04. The average Bonchev–Trinajstić information content (AvgIpc) is 2.61. The van der Waals surface area contributed by atoms with Gasteiger partial charge in [0.25, 0.3) is 5.91 Å². The summed E-state index contributed by atoms with van der Waals surface area (Å²) in [5, 5.41) is 8.04. The van der Waals surface area contributed by atoms with Crippen LogP contribution in [-0.4, -0.2) is 19.0 Å². The van der Waals surface area contributed by atoms with Crippen molar-refractivity contribution in [2.75, 3.05) is 12.4 Å². The number of carbonyl (C=O) groups excluding carboxylic acids is 2. The van der Waals surface area contributed by atoms with Crippen LogP contribution in [0.2, 0.25) is 0 Å². The van der Waals surface area contributed by atoms with E-state index in [0.717, 1.165) is 0 Å². The molecule has 2 aromatic carbocycles. The number of benzene rings is 2. The van der Waals surface area contributed by atoms with Gasteiger partial charge in [-0.2, -0.15) is 0 Å². The van der Waals surface area contributed by atoms with E-state index in [9.17, 15) is 14.0 Å². The first kappa shape index (κ1) is 17.5. The van der Waals surface area contributed by atoms with E-state index in [2.05, 4.69) is 16.0 Å². The number of urea groups is 1. The summed E-state index contributed by atoms with van der Waals surface area (Å²) in [6, 6.07) is 11.5. The molecule has 2 aromatic rings. The van der Waals surface area contributed by atoms with Gasteiger partial charge in [-0.05, 0) is 48.9 Å². The number of carbonyl (C=O) groups is 2. The number of allylic oxidation sites excluding steroid dienone is 1. The van der Waals surface area contributed by atoms with Gasteiger partial charge < -0.3 is 20.7 Å². The number of anilines is 1. The van der Waals surface area contributed by atoms with Gasteiger partial charge in [0.15, 0.2) is 0 Å². The van der Waals surface area contributed by atoms with Crippen LogP contribution in [0.1, 0.15) is 18.5 Å². The van der Waals surface area contributed by atoms with Gasteiger partial charge >= 0.3 is 6.03 Å². The first-order valence-corrected chi connectivity index (χ1v) is 7.97. The minimum absolute atomic E-state index is 0.311. The maximum atomic E-state index is 13.6. The average molecular weight is 355 g/mol. The lowest BCUT2D eigenvalue weighted by atomic mass is 9.94. The minimum Gasteiger partial charge on any atom is -0.497 e. The number of rotatable bonds is 4. The molecule has 1 atom stereocenters. The van der Waals surface area contributed by atoms with Crippen LogP contribution in [0, 0.1) is 5.82 Å². The van der Waals surface area contributed by atoms with Crippen molar-refractivity contribution in [2.24, 2.45) is 0 Å². The smallest absolute Gasteiger partial charge is 0.319 e. The predicted molar refractivity (Wildman–Crippen MR) is 95.1 cm³/mol. The second-order valence-electron chi connectivity index (χ2n) is 5.81. The van der Waals surface area contributed by atoms with E-state index in [4.69, 9.17) is 4.74 Å². The van der Waals surface area contributed by atoms with Gasteiger partial charge in [0.05, 0.1) is 18.7 Å². The largest absolute Gasteiger partial charge is 0.497 e. The summed E-state index contributed by atoms with van der Waals surface area (Å²) < 4.78 is 18.7. The van der Waals surface area contributed by atoms with Crippen LogP contribution in [0.4, 0.5) is 14.9 Å². The fraction of sp³-hybridized carbons (Fsp3) is 0.158. The summed E-state index contributed by atoms with van der Waals surface area (Å²) in [5.74, 6) is -0.167. The fourth-order valence-corrected chi connectivity index (χ4v) is 2.80. The van der Waals surface area contributed by atoms with Crippen molar-refractivity contribution in [1.29, 1.82) is 0 Å². The van der Waals surface area contributed by atoms with Gasteiger partial charge in [0.1, 0.15) is 11.6 Å². The highest BCUT2D eigenvalue weighted by molar-refractivity contribution is 6.06. The maximum absolute atomic E-state index is 13.6. The van der Waals surface area contributed by atoms with Crippen LogP contribution in [0.25, 0.3) is 0 Å². The zero-order valence-electron chi connectivity index (χ0n) is 14.3. The Balaban J connectivity index is 1.91. The van der Waals surface area contributed by atoms with Crippen LogP contribution in [-0.2, 0) is 4.79 Å². The third kappa shape index (κ3) is 3.66. The molecule has 0 radical (unpaired) electrons. The van der Waals surface area contributed by atoms with Crippen molar-refractivity contribution < 1.29 is 18.7 Å². The molecule has 3 rings (SSSR count). The molecule has 3 amide bonds. The summed E-state index contributed by atoms with van der Waals surface area (Å²) in [6.07, 6.45) is 0. The summed E-state index contributed by atoms with van der Waals surface area (Å²) in [5.41, 5.74) is 1.78. The Morgan fingerprint density at radius 1 is 1.19 bits per heavy atom. The number of hydrogen-bond acceptors (Lipinski definition) is 3. The molecule has 1 aliphatic rings. The van der Waals surface area contributed by atoms with Crippen LogP contribution in [0.3, 0.4) is 0 Å². The third-order valence-electron chi connectivity index (χ3n) is 4.04. The molecule has 7 heteroatoms. The molecule has 1 aliphatic heterocycles. The second kappa shape index (κ2) is 7.26. The highest BCUT2D eigenvalue weighted by atomic mass is 19.1. The van der Waals surface area contributed by atoms with E-state index < -0.39 is 23.8 Å². The molecule has 0 aromatic heterocycles. The van der Waals surface area contributed by atoms with Gasteiger partial charge in [-0.15, -0.1) is 0 Å². The van der Waals surface area contributed by atoms with Crippen LogP contribution < -0.4 is 20.7 Å². The first-order chi connectivity index (χ1) is 12.5. The molecule has 3 N–H and O–H groups in total. The van der Waals surface area contributed by atoms with Gasteiger partial charge in [-0.25, -0.2) is 9.18 Å². The summed E-state index contributed by atoms with van der Waals surface area (Å²) in [6.45, 7) is 1.63. The molecule has 134 valence electrons. The normalized spacial score (nSPS) is 16.6. The number of amides is 3. The molecule has 0 spiro atoms.